The maximum absolute atomic E-state index is 11.5. The van der Waals surface area contributed by atoms with Crippen LogP contribution in [0.25, 0.3) is 22.3 Å². The predicted molar refractivity (Wildman–Crippen MR) is 156 cm³/mol. The smallest absolute Gasteiger partial charge is 0.248 e. The molecule has 1 atom stereocenters. The maximum Gasteiger partial charge on any atom is 0.248 e. The van der Waals surface area contributed by atoms with E-state index in [1.165, 1.54) is 0 Å². The first kappa shape index (κ1) is 27.4. The zero-order chi connectivity index (χ0) is 27.9. The van der Waals surface area contributed by atoms with Crippen molar-refractivity contribution in [2.24, 2.45) is 5.73 Å². The van der Waals surface area contributed by atoms with Crippen molar-refractivity contribution < 1.29 is 19.0 Å². The summed E-state index contributed by atoms with van der Waals surface area (Å²) in [6.07, 6.45) is 0.936. The van der Waals surface area contributed by atoms with Gasteiger partial charge in [0.05, 0.1) is 31.9 Å². The van der Waals surface area contributed by atoms with Gasteiger partial charge in [-0.1, -0.05) is 12.1 Å². The molecule has 3 N–H and O–H groups in total. The molecular weight excluding hydrogens is 506 g/mol. The number of morpholine rings is 1. The monoisotopic (exact) mass is 541 g/mol. The van der Waals surface area contributed by atoms with Crippen LogP contribution in [0.4, 0.5) is 11.5 Å². The third-order valence-corrected chi connectivity index (χ3v) is 6.87. The van der Waals surface area contributed by atoms with Crippen LogP contribution < -0.4 is 20.5 Å². The molecule has 1 fully saturated rings. The van der Waals surface area contributed by atoms with Crippen molar-refractivity contribution in [1.82, 2.24) is 14.9 Å². The Morgan fingerprint density at radius 1 is 1.07 bits per heavy atom. The average Bonchev–Trinajstić information content (AvgIpc) is 2.97. The van der Waals surface area contributed by atoms with Gasteiger partial charge in [-0.05, 0) is 74.9 Å². The van der Waals surface area contributed by atoms with E-state index in [0.29, 0.717) is 36.5 Å². The number of hydrogen-bond donors (Lipinski definition) is 2. The molecule has 3 aromatic carbocycles. The zero-order valence-corrected chi connectivity index (χ0v) is 22.9. The van der Waals surface area contributed by atoms with Crippen LogP contribution in [0.3, 0.4) is 0 Å². The minimum absolute atomic E-state index is 0.439. The van der Waals surface area contributed by atoms with E-state index in [4.69, 9.17) is 29.9 Å². The lowest BCUT2D eigenvalue weighted by Gasteiger charge is -2.33. The lowest BCUT2D eigenvalue weighted by Crippen LogP contribution is -2.44. The lowest BCUT2D eigenvalue weighted by molar-refractivity contribution is -0.00200. The standard InChI is InChI=1S/C31H35N5O4/c1-3-39-26-12-13-28-27(19-26)31(33-24-10-8-22(9-11-24)29(32)37)35-30(34-28)23-6-4-7-25(18-23)40-16-5-14-36-15-17-38-20-21(36)2/h4,6-13,18-19,21H,3,5,14-17,20H2,1-2H3,(H2,32,37)(H,33,34,35). The Morgan fingerprint density at radius 3 is 2.67 bits per heavy atom. The van der Waals surface area contributed by atoms with Crippen LogP contribution in [0, 0.1) is 0 Å². The summed E-state index contributed by atoms with van der Waals surface area (Å²) < 4.78 is 17.3. The summed E-state index contributed by atoms with van der Waals surface area (Å²) >= 11 is 0. The number of anilines is 2. The van der Waals surface area contributed by atoms with Crippen LogP contribution in [-0.2, 0) is 4.74 Å². The fourth-order valence-electron chi connectivity index (χ4n) is 4.72. The number of nitrogens with zero attached hydrogens (tertiary/aromatic N) is 3. The minimum Gasteiger partial charge on any atom is -0.494 e. The Balaban J connectivity index is 1.37. The molecule has 4 aromatic rings. The SMILES string of the molecule is CCOc1ccc2nc(-c3cccc(OCCCN4CCOCC4C)c3)nc(Nc3ccc(C(N)=O)cc3)c2c1. The number of amides is 1. The number of benzene rings is 3. The highest BCUT2D eigenvalue weighted by molar-refractivity contribution is 5.95. The van der Waals surface area contributed by atoms with Gasteiger partial charge in [-0.2, -0.15) is 0 Å². The molecule has 1 aromatic heterocycles. The van der Waals surface area contributed by atoms with Crippen LogP contribution in [0.15, 0.2) is 66.7 Å². The van der Waals surface area contributed by atoms with Gasteiger partial charge >= 0.3 is 0 Å². The molecule has 1 saturated heterocycles. The predicted octanol–water partition coefficient (Wildman–Crippen LogP) is 5.03. The second kappa shape index (κ2) is 12.8. The summed E-state index contributed by atoms with van der Waals surface area (Å²) in [7, 11) is 0. The summed E-state index contributed by atoms with van der Waals surface area (Å²) in [6.45, 7) is 8.86. The molecule has 1 aliphatic rings. The highest BCUT2D eigenvalue weighted by atomic mass is 16.5. The number of fused-ring (bicyclic) bond motifs is 1. The number of carbonyl (C=O) groups is 1. The summed E-state index contributed by atoms with van der Waals surface area (Å²) in [5.41, 5.74) is 8.23. The molecule has 0 bridgehead atoms. The number of nitrogens with two attached hydrogens (primary N) is 1. The molecule has 0 saturated carbocycles. The molecule has 1 unspecified atom stereocenters. The quantitative estimate of drug-likeness (QED) is 0.255. The Bertz CT molecular complexity index is 1460. The fourth-order valence-corrected chi connectivity index (χ4v) is 4.72. The highest BCUT2D eigenvalue weighted by Crippen LogP contribution is 2.31. The first-order valence-corrected chi connectivity index (χ1v) is 13.7. The van der Waals surface area contributed by atoms with Gasteiger partial charge in [0.15, 0.2) is 5.82 Å². The normalized spacial score (nSPS) is 15.6. The van der Waals surface area contributed by atoms with E-state index in [-0.39, 0.29) is 0 Å². The Hall–Kier alpha value is -4.21. The van der Waals surface area contributed by atoms with Crippen molar-refractivity contribution >= 4 is 28.3 Å². The molecular formula is C31H35N5O4. The van der Waals surface area contributed by atoms with Gasteiger partial charge < -0.3 is 25.3 Å². The topological polar surface area (TPSA) is 112 Å². The number of nitrogens with one attached hydrogen (secondary N) is 1. The fraction of sp³-hybridized carbons (Fsp3) is 0.323. The van der Waals surface area contributed by atoms with E-state index in [9.17, 15) is 4.79 Å². The third-order valence-electron chi connectivity index (χ3n) is 6.87. The Labute approximate surface area is 234 Å². The molecule has 1 amide bonds. The van der Waals surface area contributed by atoms with Gasteiger partial charge in [0.1, 0.15) is 17.3 Å². The van der Waals surface area contributed by atoms with E-state index < -0.39 is 5.91 Å². The van der Waals surface area contributed by atoms with Gasteiger partial charge in [0, 0.05) is 41.3 Å². The summed E-state index contributed by atoms with van der Waals surface area (Å²) in [6, 6.07) is 21.0. The molecule has 1 aliphatic heterocycles. The van der Waals surface area contributed by atoms with Crippen molar-refractivity contribution in [3.05, 3.63) is 72.3 Å². The molecule has 40 heavy (non-hydrogen) atoms. The zero-order valence-electron chi connectivity index (χ0n) is 22.9. The van der Waals surface area contributed by atoms with Crippen molar-refractivity contribution in [3.8, 4) is 22.9 Å². The molecule has 0 aliphatic carbocycles. The van der Waals surface area contributed by atoms with Crippen LogP contribution in [0.5, 0.6) is 11.5 Å². The van der Waals surface area contributed by atoms with Crippen molar-refractivity contribution in [3.63, 3.8) is 0 Å². The second-order valence-corrected chi connectivity index (χ2v) is 9.76. The highest BCUT2D eigenvalue weighted by Gasteiger charge is 2.18. The van der Waals surface area contributed by atoms with Crippen LogP contribution in [0.1, 0.15) is 30.6 Å². The van der Waals surface area contributed by atoms with Gasteiger partial charge in [0.2, 0.25) is 5.91 Å². The van der Waals surface area contributed by atoms with Crippen molar-refractivity contribution in [2.75, 3.05) is 44.8 Å². The Morgan fingerprint density at radius 2 is 1.90 bits per heavy atom. The number of primary amides is 1. The molecule has 9 nitrogen and oxygen atoms in total. The summed E-state index contributed by atoms with van der Waals surface area (Å²) in [4.78, 5) is 23.7. The number of rotatable bonds is 11. The van der Waals surface area contributed by atoms with Crippen molar-refractivity contribution in [1.29, 1.82) is 0 Å². The van der Waals surface area contributed by atoms with E-state index in [1.54, 1.807) is 24.3 Å². The molecule has 2 heterocycles. The first-order chi connectivity index (χ1) is 19.5. The number of aromatic nitrogens is 2. The minimum atomic E-state index is -0.472. The molecule has 0 radical (unpaired) electrons. The summed E-state index contributed by atoms with van der Waals surface area (Å²) in [5, 5.41) is 4.20. The third kappa shape index (κ3) is 6.67. The van der Waals surface area contributed by atoms with Crippen LogP contribution in [-0.4, -0.2) is 66.3 Å². The molecule has 5 rings (SSSR count). The van der Waals surface area contributed by atoms with Gasteiger partial charge in [0.25, 0.3) is 0 Å². The van der Waals surface area contributed by atoms with E-state index in [0.717, 1.165) is 66.4 Å². The number of carbonyl (C=O) groups excluding carboxylic acids is 1. The molecule has 208 valence electrons. The maximum atomic E-state index is 11.5. The van der Waals surface area contributed by atoms with E-state index in [2.05, 4.69) is 17.1 Å². The molecule has 0 spiro atoms. The van der Waals surface area contributed by atoms with Crippen molar-refractivity contribution in [2.45, 2.75) is 26.3 Å². The van der Waals surface area contributed by atoms with E-state index in [1.807, 2.05) is 49.4 Å². The Kier molecular flexibility index (Phi) is 8.73. The lowest BCUT2D eigenvalue weighted by atomic mass is 10.1. The molecule has 9 heteroatoms. The number of hydrogen-bond acceptors (Lipinski definition) is 8. The van der Waals surface area contributed by atoms with Gasteiger partial charge in [-0.3, -0.25) is 9.69 Å². The second-order valence-electron chi connectivity index (χ2n) is 9.76. The van der Waals surface area contributed by atoms with E-state index >= 15 is 0 Å². The largest absolute Gasteiger partial charge is 0.494 e. The van der Waals surface area contributed by atoms with Gasteiger partial charge in [-0.15, -0.1) is 0 Å². The average molecular weight is 542 g/mol. The van der Waals surface area contributed by atoms with Crippen LogP contribution >= 0.6 is 0 Å². The number of ether oxygens (including phenoxy) is 3. The first-order valence-electron chi connectivity index (χ1n) is 13.7. The summed E-state index contributed by atoms with van der Waals surface area (Å²) in [5.74, 6) is 2.24. The van der Waals surface area contributed by atoms with Crippen LogP contribution in [0.2, 0.25) is 0 Å². The van der Waals surface area contributed by atoms with Gasteiger partial charge in [-0.25, -0.2) is 9.97 Å².